The van der Waals surface area contributed by atoms with E-state index in [4.69, 9.17) is 5.11 Å². The average molecular weight is 177 g/mol. The van der Waals surface area contributed by atoms with Crippen molar-refractivity contribution in [2.24, 2.45) is 11.8 Å². The van der Waals surface area contributed by atoms with Crippen molar-refractivity contribution in [3.63, 3.8) is 0 Å². The fourth-order valence-corrected chi connectivity index (χ4v) is 1.87. The minimum atomic E-state index is -0.705. The largest absolute Gasteiger partial charge is 0.481 e. The second-order valence-electron chi connectivity index (χ2n) is 3.50. The van der Waals surface area contributed by atoms with E-state index in [9.17, 15) is 4.79 Å². The molecule has 0 spiro atoms. The molecular formula is C10H11NO2. The van der Waals surface area contributed by atoms with Crippen LogP contribution in [0.25, 0.3) is 0 Å². The second-order valence-corrected chi connectivity index (χ2v) is 3.50. The molecule has 0 bridgehead atoms. The van der Waals surface area contributed by atoms with E-state index in [0.717, 1.165) is 5.69 Å². The lowest BCUT2D eigenvalue weighted by Gasteiger charge is -1.94. The molecule has 13 heavy (non-hydrogen) atoms. The fraction of sp³-hybridized carbons (Fsp3) is 0.400. The van der Waals surface area contributed by atoms with Crippen molar-refractivity contribution in [3.05, 3.63) is 30.1 Å². The SMILES string of the molecule is C[C@H]1C(c2ccccn2)[C@@H]1C(=O)O. The molecule has 1 aromatic rings. The van der Waals surface area contributed by atoms with E-state index >= 15 is 0 Å². The molecule has 1 aromatic heterocycles. The summed E-state index contributed by atoms with van der Waals surface area (Å²) in [5.74, 6) is -0.579. The Morgan fingerprint density at radius 1 is 1.54 bits per heavy atom. The van der Waals surface area contributed by atoms with Crippen LogP contribution >= 0.6 is 0 Å². The molecule has 3 atom stereocenters. The second kappa shape index (κ2) is 2.83. The quantitative estimate of drug-likeness (QED) is 0.745. The summed E-state index contributed by atoms with van der Waals surface area (Å²) in [5, 5.41) is 8.83. The van der Waals surface area contributed by atoms with Crippen LogP contribution in [-0.4, -0.2) is 16.1 Å². The Morgan fingerprint density at radius 3 is 2.77 bits per heavy atom. The Bertz CT molecular complexity index is 323. The third kappa shape index (κ3) is 1.30. The molecule has 0 saturated heterocycles. The number of pyridine rings is 1. The van der Waals surface area contributed by atoms with Gasteiger partial charge in [0.05, 0.1) is 5.92 Å². The maximum atomic E-state index is 10.7. The van der Waals surface area contributed by atoms with E-state index in [0.29, 0.717) is 0 Å². The van der Waals surface area contributed by atoms with Crippen molar-refractivity contribution >= 4 is 5.97 Å². The smallest absolute Gasteiger partial charge is 0.307 e. The highest BCUT2D eigenvalue weighted by Crippen LogP contribution is 2.52. The molecule has 68 valence electrons. The molecule has 0 aromatic carbocycles. The summed E-state index contributed by atoms with van der Waals surface area (Å²) in [6.07, 6.45) is 1.71. The number of hydrogen-bond acceptors (Lipinski definition) is 2. The van der Waals surface area contributed by atoms with Gasteiger partial charge in [-0.15, -0.1) is 0 Å². The first kappa shape index (κ1) is 8.23. The number of aliphatic carboxylic acids is 1. The lowest BCUT2D eigenvalue weighted by molar-refractivity contribution is -0.138. The molecular weight excluding hydrogens is 166 g/mol. The van der Waals surface area contributed by atoms with Gasteiger partial charge in [-0.2, -0.15) is 0 Å². The molecule has 1 saturated carbocycles. The number of carboxylic acid groups (broad SMARTS) is 1. The monoisotopic (exact) mass is 177 g/mol. The van der Waals surface area contributed by atoms with Crippen molar-refractivity contribution in [2.75, 3.05) is 0 Å². The first-order valence-electron chi connectivity index (χ1n) is 4.35. The van der Waals surface area contributed by atoms with Gasteiger partial charge in [-0.1, -0.05) is 13.0 Å². The van der Waals surface area contributed by atoms with E-state index in [1.54, 1.807) is 6.20 Å². The van der Waals surface area contributed by atoms with Crippen molar-refractivity contribution in [1.82, 2.24) is 4.98 Å². The molecule has 2 rings (SSSR count). The molecule has 1 heterocycles. The molecule has 1 aliphatic carbocycles. The van der Waals surface area contributed by atoms with Crippen molar-refractivity contribution in [2.45, 2.75) is 12.8 Å². The minimum Gasteiger partial charge on any atom is -0.481 e. The van der Waals surface area contributed by atoms with E-state index in [1.807, 2.05) is 25.1 Å². The highest BCUT2D eigenvalue weighted by atomic mass is 16.4. The van der Waals surface area contributed by atoms with Crippen LogP contribution in [0.1, 0.15) is 18.5 Å². The summed E-state index contributed by atoms with van der Waals surface area (Å²) in [7, 11) is 0. The summed E-state index contributed by atoms with van der Waals surface area (Å²) in [4.78, 5) is 14.9. The standard InChI is InChI=1S/C10H11NO2/c1-6-8(9(6)10(12)13)7-4-2-3-5-11-7/h2-6,8-9H,1H3,(H,12,13)/t6-,8?,9+/m0/s1. The zero-order valence-corrected chi connectivity index (χ0v) is 7.34. The number of carboxylic acids is 1. The fourth-order valence-electron chi connectivity index (χ4n) is 1.87. The summed E-state index contributed by atoms with van der Waals surface area (Å²) in [5.41, 5.74) is 0.905. The molecule has 1 aliphatic rings. The molecule has 1 fully saturated rings. The molecule has 0 aliphatic heterocycles. The highest BCUT2D eigenvalue weighted by molar-refractivity contribution is 5.75. The van der Waals surface area contributed by atoms with Crippen LogP contribution in [0.15, 0.2) is 24.4 Å². The zero-order chi connectivity index (χ0) is 9.42. The third-order valence-electron chi connectivity index (χ3n) is 2.69. The summed E-state index contributed by atoms with van der Waals surface area (Å²) >= 11 is 0. The van der Waals surface area contributed by atoms with Crippen LogP contribution in [0.2, 0.25) is 0 Å². The van der Waals surface area contributed by atoms with E-state index in [-0.39, 0.29) is 17.8 Å². The number of aromatic nitrogens is 1. The van der Waals surface area contributed by atoms with E-state index in [2.05, 4.69) is 4.98 Å². The van der Waals surface area contributed by atoms with Gasteiger partial charge in [0.15, 0.2) is 0 Å². The molecule has 0 radical (unpaired) electrons. The van der Waals surface area contributed by atoms with Gasteiger partial charge in [0.1, 0.15) is 0 Å². The first-order chi connectivity index (χ1) is 6.22. The predicted octanol–water partition coefficient (Wildman–Crippen LogP) is 1.52. The van der Waals surface area contributed by atoms with Gasteiger partial charge < -0.3 is 5.11 Å². The van der Waals surface area contributed by atoms with Crippen molar-refractivity contribution in [3.8, 4) is 0 Å². The van der Waals surface area contributed by atoms with Gasteiger partial charge >= 0.3 is 5.97 Å². The highest BCUT2D eigenvalue weighted by Gasteiger charge is 2.53. The Labute approximate surface area is 76.4 Å². The topological polar surface area (TPSA) is 50.2 Å². The molecule has 0 amide bonds. The Balaban J connectivity index is 2.18. The van der Waals surface area contributed by atoms with Crippen LogP contribution in [0.3, 0.4) is 0 Å². The van der Waals surface area contributed by atoms with Crippen LogP contribution in [0, 0.1) is 11.8 Å². The van der Waals surface area contributed by atoms with E-state index in [1.165, 1.54) is 0 Å². The van der Waals surface area contributed by atoms with Crippen LogP contribution in [0.5, 0.6) is 0 Å². The van der Waals surface area contributed by atoms with E-state index < -0.39 is 5.97 Å². The number of rotatable bonds is 2. The molecule has 1 unspecified atom stereocenters. The van der Waals surface area contributed by atoms with Crippen molar-refractivity contribution in [1.29, 1.82) is 0 Å². The summed E-state index contributed by atoms with van der Waals surface area (Å²) in [6, 6.07) is 5.63. The van der Waals surface area contributed by atoms with Crippen LogP contribution < -0.4 is 0 Å². The lowest BCUT2D eigenvalue weighted by Crippen LogP contribution is -2.00. The van der Waals surface area contributed by atoms with Gasteiger partial charge in [0.25, 0.3) is 0 Å². The third-order valence-corrected chi connectivity index (χ3v) is 2.69. The molecule has 3 heteroatoms. The first-order valence-corrected chi connectivity index (χ1v) is 4.35. The van der Waals surface area contributed by atoms with Gasteiger partial charge in [0, 0.05) is 17.8 Å². The van der Waals surface area contributed by atoms with Crippen LogP contribution in [-0.2, 0) is 4.79 Å². The molecule has 3 nitrogen and oxygen atoms in total. The maximum Gasteiger partial charge on any atom is 0.307 e. The maximum absolute atomic E-state index is 10.7. The Morgan fingerprint density at radius 2 is 2.31 bits per heavy atom. The normalized spacial score (nSPS) is 31.3. The van der Waals surface area contributed by atoms with Gasteiger partial charge in [-0.3, -0.25) is 9.78 Å². The minimum absolute atomic E-state index is 0.124. The summed E-state index contributed by atoms with van der Waals surface area (Å²) < 4.78 is 0. The van der Waals surface area contributed by atoms with Gasteiger partial charge in [-0.25, -0.2) is 0 Å². The van der Waals surface area contributed by atoms with Crippen molar-refractivity contribution < 1.29 is 9.90 Å². The Hall–Kier alpha value is -1.38. The van der Waals surface area contributed by atoms with Crippen LogP contribution in [0.4, 0.5) is 0 Å². The van der Waals surface area contributed by atoms with Gasteiger partial charge in [0.2, 0.25) is 0 Å². The lowest BCUT2D eigenvalue weighted by atomic mass is 10.2. The number of carbonyl (C=O) groups is 1. The summed E-state index contributed by atoms with van der Waals surface area (Å²) in [6.45, 7) is 1.96. The predicted molar refractivity (Wildman–Crippen MR) is 47.3 cm³/mol. The van der Waals surface area contributed by atoms with Gasteiger partial charge in [-0.05, 0) is 18.1 Å². The number of hydrogen-bond donors (Lipinski definition) is 1. The number of nitrogens with zero attached hydrogens (tertiary/aromatic N) is 1. The Kier molecular flexibility index (Phi) is 1.79. The zero-order valence-electron chi connectivity index (χ0n) is 7.34. The molecule has 1 N–H and O–H groups in total. The average Bonchev–Trinajstić information content (AvgIpc) is 2.79.